The van der Waals surface area contributed by atoms with Gasteiger partial charge in [-0.15, -0.1) is 0 Å². The highest BCUT2D eigenvalue weighted by atomic mass is 32.2. The second-order valence-corrected chi connectivity index (χ2v) is 5.62. The zero-order valence-electron chi connectivity index (χ0n) is 12.6. The summed E-state index contributed by atoms with van der Waals surface area (Å²) in [6.07, 6.45) is 0. The predicted octanol–water partition coefficient (Wildman–Crippen LogP) is 6.03. The monoisotopic (exact) mass is 296 g/mol. The molecule has 108 valence electrons. The number of phenols is 1. The maximum absolute atomic E-state index is 10.4. The third kappa shape index (κ3) is 3.40. The molecule has 3 rings (SSSR count). The molecule has 0 aliphatic carbocycles. The molecule has 3 aromatic rings. The van der Waals surface area contributed by atoms with Crippen LogP contribution in [0.1, 0.15) is 19.4 Å². The number of fused-ring (bicyclic) bond motifs is 1. The van der Waals surface area contributed by atoms with Gasteiger partial charge in [0.25, 0.3) is 0 Å². The Morgan fingerprint density at radius 3 is 2.05 bits per heavy atom. The molecule has 0 saturated carbocycles. The summed E-state index contributed by atoms with van der Waals surface area (Å²) < 4.78 is 0. The van der Waals surface area contributed by atoms with E-state index in [1.807, 2.05) is 56.3 Å². The predicted molar refractivity (Wildman–Crippen MR) is 92.3 cm³/mol. The smallest absolute Gasteiger partial charge is 0.137 e. The number of hydrogen-bond donors (Lipinski definition) is 1. The summed E-state index contributed by atoms with van der Waals surface area (Å²) in [6.45, 7) is 6.08. The molecule has 0 atom stereocenters. The van der Waals surface area contributed by atoms with Gasteiger partial charge in [-0.3, -0.25) is 0 Å². The van der Waals surface area contributed by atoms with E-state index in [1.54, 1.807) is 11.8 Å². The van der Waals surface area contributed by atoms with Gasteiger partial charge in [0.2, 0.25) is 0 Å². The van der Waals surface area contributed by atoms with Gasteiger partial charge in [-0.2, -0.15) is 0 Å². The van der Waals surface area contributed by atoms with Crippen LogP contribution in [0.4, 0.5) is 0 Å². The highest BCUT2D eigenvalue weighted by Crippen LogP contribution is 2.40. The van der Waals surface area contributed by atoms with E-state index in [-0.39, 0.29) is 0 Å². The highest BCUT2D eigenvalue weighted by Gasteiger charge is 2.10. The number of aryl methyl sites for hydroxylation is 1. The molecule has 0 aliphatic heterocycles. The van der Waals surface area contributed by atoms with E-state index >= 15 is 0 Å². The Morgan fingerprint density at radius 1 is 0.810 bits per heavy atom. The quantitative estimate of drug-likeness (QED) is 0.623. The van der Waals surface area contributed by atoms with Gasteiger partial charge in [0.1, 0.15) is 5.75 Å². The van der Waals surface area contributed by atoms with Gasteiger partial charge < -0.3 is 5.11 Å². The Balaban J connectivity index is 0.000000774. The van der Waals surface area contributed by atoms with Crippen LogP contribution >= 0.6 is 11.8 Å². The van der Waals surface area contributed by atoms with Gasteiger partial charge in [-0.1, -0.05) is 68.1 Å². The van der Waals surface area contributed by atoms with Crippen LogP contribution in [0.3, 0.4) is 0 Å². The molecule has 0 radical (unpaired) electrons. The third-order valence-corrected chi connectivity index (χ3v) is 4.20. The van der Waals surface area contributed by atoms with Gasteiger partial charge >= 0.3 is 0 Å². The molecule has 0 bridgehead atoms. The third-order valence-electron chi connectivity index (χ3n) is 3.16. The Kier molecular flexibility index (Phi) is 5.29. The van der Waals surface area contributed by atoms with Gasteiger partial charge in [0.05, 0.1) is 4.90 Å². The molecule has 0 amide bonds. The number of phenolic OH excluding ortho intramolecular Hbond substituents is 1. The van der Waals surface area contributed by atoms with Crippen molar-refractivity contribution in [2.24, 2.45) is 0 Å². The molecule has 0 unspecified atom stereocenters. The van der Waals surface area contributed by atoms with Crippen LogP contribution < -0.4 is 0 Å². The standard InChI is InChI=1S/C17H14OS.C2H6/c1-12-11-16(19-13-7-3-2-4-8-13)17(18)15-10-6-5-9-14(12)15;1-2/h2-11,18H,1H3;1-2H3. The first-order valence-electron chi connectivity index (χ1n) is 7.20. The minimum atomic E-state index is 0.370. The Hall–Kier alpha value is -1.93. The van der Waals surface area contributed by atoms with Crippen molar-refractivity contribution in [2.75, 3.05) is 0 Å². The lowest BCUT2D eigenvalue weighted by Gasteiger charge is -2.10. The molecule has 0 heterocycles. The summed E-state index contributed by atoms with van der Waals surface area (Å²) in [7, 11) is 0. The minimum absolute atomic E-state index is 0.370. The van der Waals surface area contributed by atoms with Crippen LogP contribution in [0.5, 0.6) is 5.75 Å². The maximum Gasteiger partial charge on any atom is 0.137 e. The molecule has 0 aromatic heterocycles. The van der Waals surface area contributed by atoms with Crippen molar-refractivity contribution in [3.05, 3.63) is 66.2 Å². The molecule has 0 saturated heterocycles. The van der Waals surface area contributed by atoms with Crippen molar-refractivity contribution in [3.63, 3.8) is 0 Å². The van der Waals surface area contributed by atoms with Crippen molar-refractivity contribution in [1.82, 2.24) is 0 Å². The molecule has 1 nitrogen and oxygen atoms in total. The number of aromatic hydroxyl groups is 1. The fraction of sp³-hybridized carbons (Fsp3) is 0.158. The SMILES string of the molecule is CC.Cc1cc(Sc2ccccc2)c(O)c2ccccc12. The maximum atomic E-state index is 10.4. The molecule has 1 N–H and O–H groups in total. The van der Waals surface area contributed by atoms with E-state index in [1.165, 1.54) is 5.56 Å². The molecule has 3 aromatic carbocycles. The van der Waals surface area contributed by atoms with Crippen LogP contribution in [0.15, 0.2) is 70.5 Å². The van der Waals surface area contributed by atoms with Crippen LogP contribution in [0.25, 0.3) is 10.8 Å². The summed E-state index contributed by atoms with van der Waals surface area (Å²) in [5.41, 5.74) is 1.19. The van der Waals surface area contributed by atoms with Crippen molar-refractivity contribution in [1.29, 1.82) is 0 Å². The first-order chi connectivity index (χ1) is 10.3. The molecule has 0 spiro atoms. The average molecular weight is 296 g/mol. The van der Waals surface area contributed by atoms with Crippen molar-refractivity contribution < 1.29 is 5.11 Å². The molecule has 21 heavy (non-hydrogen) atoms. The van der Waals surface area contributed by atoms with E-state index in [0.29, 0.717) is 5.75 Å². The summed E-state index contributed by atoms with van der Waals surface area (Å²) in [6, 6.07) is 20.1. The van der Waals surface area contributed by atoms with Crippen LogP contribution in [0.2, 0.25) is 0 Å². The fourth-order valence-corrected chi connectivity index (χ4v) is 3.19. The average Bonchev–Trinajstić information content (AvgIpc) is 2.55. The minimum Gasteiger partial charge on any atom is -0.506 e. The number of benzene rings is 3. The zero-order valence-corrected chi connectivity index (χ0v) is 13.4. The van der Waals surface area contributed by atoms with Crippen molar-refractivity contribution >= 4 is 22.5 Å². The van der Waals surface area contributed by atoms with E-state index in [9.17, 15) is 5.11 Å². The number of rotatable bonds is 2. The van der Waals surface area contributed by atoms with Crippen molar-refractivity contribution in [3.8, 4) is 5.75 Å². The lowest BCUT2D eigenvalue weighted by Crippen LogP contribution is -1.83. The summed E-state index contributed by atoms with van der Waals surface area (Å²) in [4.78, 5) is 2.04. The van der Waals surface area contributed by atoms with E-state index in [0.717, 1.165) is 20.6 Å². The van der Waals surface area contributed by atoms with Crippen molar-refractivity contribution in [2.45, 2.75) is 30.6 Å². The zero-order chi connectivity index (χ0) is 15.2. The first-order valence-corrected chi connectivity index (χ1v) is 8.01. The highest BCUT2D eigenvalue weighted by molar-refractivity contribution is 7.99. The molecule has 2 heteroatoms. The largest absolute Gasteiger partial charge is 0.506 e. The summed E-state index contributed by atoms with van der Waals surface area (Å²) in [5.74, 6) is 0.370. The molecular formula is C19H20OS. The summed E-state index contributed by atoms with van der Waals surface area (Å²) >= 11 is 1.59. The lowest BCUT2D eigenvalue weighted by molar-refractivity contribution is 0.469. The fourth-order valence-electron chi connectivity index (χ4n) is 2.20. The first kappa shape index (κ1) is 15.5. The van der Waals surface area contributed by atoms with Gasteiger partial charge in [-0.25, -0.2) is 0 Å². The van der Waals surface area contributed by atoms with Gasteiger partial charge in [0.15, 0.2) is 0 Å². The van der Waals surface area contributed by atoms with Crippen LogP contribution in [-0.2, 0) is 0 Å². The normalized spacial score (nSPS) is 10.0. The Morgan fingerprint density at radius 2 is 1.38 bits per heavy atom. The van der Waals surface area contributed by atoms with Gasteiger partial charge in [-0.05, 0) is 36.1 Å². The second kappa shape index (κ2) is 7.19. The van der Waals surface area contributed by atoms with Crippen LogP contribution in [0, 0.1) is 6.92 Å². The Labute approximate surface area is 130 Å². The van der Waals surface area contributed by atoms with E-state index in [2.05, 4.69) is 25.1 Å². The van der Waals surface area contributed by atoms with Crippen LogP contribution in [-0.4, -0.2) is 5.11 Å². The topological polar surface area (TPSA) is 20.2 Å². The Bertz CT molecular complexity index is 720. The summed E-state index contributed by atoms with van der Waals surface area (Å²) in [5, 5.41) is 12.4. The van der Waals surface area contributed by atoms with Gasteiger partial charge in [0, 0.05) is 10.3 Å². The molecule has 0 aliphatic rings. The van der Waals surface area contributed by atoms with E-state index < -0.39 is 0 Å². The lowest BCUT2D eigenvalue weighted by atomic mass is 10.0. The molecule has 0 fully saturated rings. The molecular weight excluding hydrogens is 276 g/mol. The number of hydrogen-bond acceptors (Lipinski definition) is 2. The van der Waals surface area contributed by atoms with E-state index in [4.69, 9.17) is 0 Å². The second-order valence-electron chi connectivity index (χ2n) is 4.50.